The number of hydrogen-bond acceptors (Lipinski definition) is 3. The van der Waals surface area contributed by atoms with Crippen molar-refractivity contribution < 1.29 is 20.1 Å². The largest absolute Gasteiger partial charge is 0.456 e. The van der Waals surface area contributed by atoms with Crippen molar-refractivity contribution in [1.82, 2.24) is 0 Å². The third-order valence-electron chi connectivity index (χ3n) is 27.2. The number of hydrogen-bond donors (Lipinski definition) is 0. The van der Waals surface area contributed by atoms with Crippen LogP contribution in [0.3, 0.4) is 0 Å². The maximum atomic E-state index is 8.87. The van der Waals surface area contributed by atoms with Gasteiger partial charge in [0, 0.05) is 37.9 Å². The van der Waals surface area contributed by atoms with E-state index in [0.29, 0.717) is 5.56 Å². The van der Waals surface area contributed by atoms with Crippen molar-refractivity contribution in [2.45, 2.75) is 0 Å². The Bertz CT molecular complexity index is 9750. The Morgan fingerprint density at radius 2 is 0.466 bits per heavy atom. The van der Waals surface area contributed by atoms with Gasteiger partial charge in [-0.25, -0.2) is 0 Å². The molecule has 133 heavy (non-hydrogen) atoms. The van der Waals surface area contributed by atoms with Gasteiger partial charge in [0.05, 0.1) is 6.85 Å². The summed E-state index contributed by atoms with van der Waals surface area (Å²) in [5, 5.41) is 29.9. The molecule has 0 saturated carbocycles. The molecule has 0 radical (unpaired) electrons. The molecule has 0 spiro atoms. The lowest BCUT2D eigenvalue weighted by Crippen LogP contribution is -1.92. The fraction of sp³-hybridized carbons (Fsp3) is 0. The lowest BCUT2D eigenvalue weighted by atomic mass is 9.83. The summed E-state index contributed by atoms with van der Waals surface area (Å²) in [5.41, 5.74) is 24.9. The molecule has 0 unspecified atom stereocenters. The molecule has 3 aromatic heterocycles. The van der Waals surface area contributed by atoms with Crippen LogP contribution in [0.4, 0.5) is 0 Å². The van der Waals surface area contributed by atoms with Crippen molar-refractivity contribution >= 4 is 174 Å². The molecule has 3 heterocycles. The minimum atomic E-state index is -0.398. The van der Waals surface area contributed by atoms with Crippen LogP contribution in [-0.2, 0) is 0 Å². The first kappa shape index (κ1) is 71.5. The highest BCUT2D eigenvalue weighted by atomic mass is 16.3. The topological polar surface area (TPSA) is 39.4 Å². The smallest absolute Gasteiger partial charge is 0.143 e. The molecular formula is C130H80O3. The summed E-state index contributed by atoms with van der Waals surface area (Å²) in [6.07, 6.45) is 0. The van der Waals surface area contributed by atoms with Crippen LogP contribution in [-0.4, -0.2) is 0 Å². The van der Waals surface area contributed by atoms with Gasteiger partial charge in [-0.2, -0.15) is 0 Å². The fourth-order valence-electron chi connectivity index (χ4n) is 21.4. The number of benzene rings is 25. The molecule has 0 aliphatic heterocycles. The molecule has 3 heteroatoms. The lowest BCUT2D eigenvalue weighted by molar-refractivity contribution is 0.668. The van der Waals surface area contributed by atoms with Crippen molar-refractivity contribution in [3.8, 4) is 100 Å². The zero-order valence-corrected chi connectivity index (χ0v) is 72.0. The van der Waals surface area contributed by atoms with E-state index >= 15 is 0 Å². The Balaban J connectivity index is 0.000000107. The molecule has 28 rings (SSSR count). The second kappa shape index (κ2) is 31.8. The third kappa shape index (κ3) is 12.8. The minimum absolute atomic E-state index is 0.209. The van der Waals surface area contributed by atoms with Crippen LogP contribution in [0.2, 0.25) is 0 Å². The van der Waals surface area contributed by atoms with E-state index in [-0.39, 0.29) is 29.7 Å². The Morgan fingerprint density at radius 1 is 0.143 bits per heavy atom. The lowest BCUT2D eigenvalue weighted by Gasteiger charge is -2.19. The van der Waals surface area contributed by atoms with Crippen LogP contribution < -0.4 is 0 Å². The van der Waals surface area contributed by atoms with Crippen LogP contribution in [0.15, 0.2) is 498 Å². The SMILES string of the molecule is [2H]c1c([2H])c([2H])c(-c2c3ccccc3c(-c3ccc(-c4cccc5oc6ccccc6c45)c4ccccc34)c3ccccc23)c([2H])c1[2H].c1ccc(-c2ccc(-c3c4ccccc4c(-c4ccc5ccccc5c4)c4ccccc34)c3c2oc2ccccc23)cc1.c1ccc2cc(-c3cc(-c4c5ccccc5c(-c5ccc6ccccc6c5)c5ccccc45)c4c(c3)oc3ccccc34)ccc2c1. The van der Waals surface area contributed by atoms with Gasteiger partial charge in [-0.05, 0) is 263 Å². The van der Waals surface area contributed by atoms with Crippen LogP contribution in [0, 0.1) is 0 Å². The highest BCUT2D eigenvalue weighted by Gasteiger charge is 2.27. The van der Waals surface area contributed by atoms with E-state index in [1.54, 1.807) is 0 Å². The van der Waals surface area contributed by atoms with Crippen molar-refractivity contribution in [2.24, 2.45) is 0 Å². The minimum Gasteiger partial charge on any atom is -0.456 e. The summed E-state index contributed by atoms with van der Waals surface area (Å²) in [6, 6.07) is 160. The number of furan rings is 3. The summed E-state index contributed by atoms with van der Waals surface area (Å²) in [5.74, 6) is 0. The zero-order chi connectivity index (χ0) is 91.9. The predicted octanol–water partition coefficient (Wildman–Crippen LogP) is 37.3. The molecule has 0 aliphatic rings. The Kier molecular flexibility index (Phi) is 17.1. The highest BCUT2D eigenvalue weighted by Crippen LogP contribution is 2.54. The van der Waals surface area contributed by atoms with Crippen LogP contribution >= 0.6 is 0 Å². The monoisotopic (exact) mass is 1690 g/mol. The van der Waals surface area contributed by atoms with E-state index in [9.17, 15) is 0 Å². The first-order chi connectivity index (χ1) is 68.1. The average molecular weight is 1700 g/mol. The van der Waals surface area contributed by atoms with Gasteiger partial charge in [0.2, 0.25) is 0 Å². The van der Waals surface area contributed by atoms with Gasteiger partial charge in [-0.1, -0.05) is 425 Å². The molecule has 618 valence electrons. The second-order valence-corrected chi connectivity index (χ2v) is 34.5. The first-order valence-corrected chi connectivity index (χ1v) is 45.3. The third-order valence-corrected chi connectivity index (χ3v) is 27.2. The summed E-state index contributed by atoms with van der Waals surface area (Å²) in [4.78, 5) is 0. The molecule has 3 nitrogen and oxygen atoms in total. The molecule has 0 N–H and O–H groups in total. The van der Waals surface area contributed by atoms with Crippen molar-refractivity contribution in [2.75, 3.05) is 0 Å². The van der Waals surface area contributed by atoms with Crippen molar-refractivity contribution in [3.63, 3.8) is 0 Å². The van der Waals surface area contributed by atoms with E-state index in [0.717, 1.165) is 137 Å². The molecule has 0 saturated heterocycles. The zero-order valence-electron chi connectivity index (χ0n) is 77.0. The van der Waals surface area contributed by atoms with Gasteiger partial charge < -0.3 is 13.3 Å². The number of rotatable bonds is 9. The summed E-state index contributed by atoms with van der Waals surface area (Å²) in [6.45, 7) is 0. The number of fused-ring (bicyclic) bond motifs is 19. The fourth-order valence-corrected chi connectivity index (χ4v) is 21.4. The van der Waals surface area contributed by atoms with Crippen LogP contribution in [0.1, 0.15) is 6.85 Å². The Hall–Kier alpha value is -17.5. The van der Waals surface area contributed by atoms with Crippen molar-refractivity contribution in [1.29, 1.82) is 0 Å². The number of para-hydroxylation sites is 3. The first-order valence-electron chi connectivity index (χ1n) is 47.8. The standard InChI is InChI=1S/C46H28O.2C42H26O/c1-3-13-31-25-33(23-21-29(31)11-1)35-27-41(46-40-19-9-10-20-42(40)47-43(46)28-35)45-38-17-7-5-15-36(38)44(37-16-6-8-18-39(37)45)34-24-22-30-12-2-4-14-32(30)26-34;1-2-13-27(14-3-1)40-32-17-6-8-19-34(32)41(35-20-9-7-18-33(35)40)36-26-25-30(28-15-4-5-16-29(28)36)31-22-12-24-39-42(31)37-21-10-11-23-38(37)43-39;1-2-13-28(14-3-1)31-24-25-37(41-36-20-10-11-21-38(36)43-42(31)41)40-34-18-8-6-16-32(34)39(33-17-7-9-19-35(33)40)30-23-22-27-12-4-5-15-29(27)26-30/h1-28H;2*1-26H/i;1D,2D,3D,13D,14D;. The van der Waals surface area contributed by atoms with E-state index in [4.69, 9.17) is 20.1 Å². The molecule has 0 fully saturated rings. The van der Waals surface area contributed by atoms with Gasteiger partial charge in [-0.15, -0.1) is 0 Å². The summed E-state index contributed by atoms with van der Waals surface area (Å²) in [7, 11) is 0. The highest BCUT2D eigenvalue weighted by molar-refractivity contribution is 6.31. The molecule has 0 bridgehead atoms. The molecule has 28 aromatic rings. The Morgan fingerprint density at radius 3 is 0.947 bits per heavy atom. The summed E-state index contributed by atoms with van der Waals surface area (Å²) < 4.78 is 62.3. The van der Waals surface area contributed by atoms with Gasteiger partial charge in [-0.3, -0.25) is 0 Å². The van der Waals surface area contributed by atoms with Gasteiger partial charge >= 0.3 is 0 Å². The Labute approximate surface area is 773 Å². The molecular weight excluding hydrogens is 1610 g/mol. The molecule has 0 aliphatic carbocycles. The van der Waals surface area contributed by atoms with Gasteiger partial charge in [0.15, 0.2) is 0 Å². The normalized spacial score (nSPS) is 12.3. The van der Waals surface area contributed by atoms with E-state index in [2.05, 4.69) is 388 Å². The maximum Gasteiger partial charge on any atom is 0.143 e. The quantitative estimate of drug-likeness (QED) is 0.135. The van der Waals surface area contributed by atoms with E-state index in [1.165, 1.54) is 125 Å². The van der Waals surface area contributed by atoms with Gasteiger partial charge in [0.25, 0.3) is 0 Å². The second-order valence-electron chi connectivity index (χ2n) is 34.5. The average Bonchev–Trinajstić information content (AvgIpc) is 0.961. The van der Waals surface area contributed by atoms with Crippen LogP contribution in [0.5, 0.6) is 0 Å². The maximum absolute atomic E-state index is 8.87. The summed E-state index contributed by atoms with van der Waals surface area (Å²) >= 11 is 0. The van der Waals surface area contributed by atoms with E-state index < -0.39 is 6.04 Å². The van der Waals surface area contributed by atoms with E-state index in [1.807, 2.05) is 66.7 Å². The van der Waals surface area contributed by atoms with Crippen molar-refractivity contribution in [3.05, 3.63) is 485 Å². The predicted molar refractivity (Wildman–Crippen MR) is 565 cm³/mol. The molecule has 0 atom stereocenters. The molecule has 25 aromatic carbocycles. The van der Waals surface area contributed by atoms with Gasteiger partial charge in [0.1, 0.15) is 33.5 Å². The van der Waals surface area contributed by atoms with Crippen LogP contribution in [0.25, 0.3) is 274 Å². The molecule has 0 amide bonds.